The number of carbonyl (C=O) groups is 1. The highest BCUT2D eigenvalue weighted by Gasteiger charge is 2.27. The highest BCUT2D eigenvalue weighted by atomic mass is 16.7. The molecule has 0 spiro atoms. The Balaban J connectivity index is 1.72. The Hall–Kier alpha value is -3.01. The van der Waals surface area contributed by atoms with Gasteiger partial charge in [-0.1, -0.05) is 12.1 Å². The first-order valence-electron chi connectivity index (χ1n) is 9.49. The molecule has 9 heteroatoms. The third-order valence-corrected chi connectivity index (χ3v) is 4.48. The SMILES string of the molecule is CO[C@@H](CCO)[C@@H](OC(=O)Nc1ccc2c(c1)OCO2)c1ccc(OCCO)cc1. The molecule has 0 bridgehead atoms. The number of fused-ring (bicyclic) bond motifs is 1. The number of carbonyl (C=O) groups excluding carboxylic acids is 1. The van der Waals surface area contributed by atoms with Crippen LogP contribution in [0, 0.1) is 0 Å². The second-order valence-corrected chi connectivity index (χ2v) is 6.45. The molecule has 0 radical (unpaired) electrons. The number of benzene rings is 2. The summed E-state index contributed by atoms with van der Waals surface area (Å²) >= 11 is 0. The minimum Gasteiger partial charge on any atom is -0.491 e. The Kier molecular flexibility index (Phi) is 7.72. The molecule has 1 amide bonds. The Morgan fingerprint density at radius 3 is 2.57 bits per heavy atom. The second kappa shape index (κ2) is 10.7. The molecule has 0 saturated heterocycles. The van der Waals surface area contributed by atoms with Crippen LogP contribution in [0.1, 0.15) is 18.1 Å². The van der Waals surface area contributed by atoms with Gasteiger partial charge in [0.15, 0.2) is 17.6 Å². The van der Waals surface area contributed by atoms with Crippen LogP contribution in [0.5, 0.6) is 17.2 Å². The van der Waals surface area contributed by atoms with Crippen molar-refractivity contribution in [3.8, 4) is 17.2 Å². The standard InChI is InChI=1S/C21H25NO8/c1-26-18(8-9-23)20(14-2-5-16(6-3-14)27-11-10-24)30-21(25)22-15-4-7-17-19(12-15)29-13-28-17/h2-7,12,18,20,23-24H,8-11,13H2,1H3,(H,22,25)/t18-,20-/m0/s1. The van der Waals surface area contributed by atoms with Gasteiger partial charge in [-0.3, -0.25) is 5.32 Å². The van der Waals surface area contributed by atoms with Crippen molar-refractivity contribution in [2.45, 2.75) is 18.6 Å². The van der Waals surface area contributed by atoms with Gasteiger partial charge in [0.05, 0.1) is 6.61 Å². The van der Waals surface area contributed by atoms with E-state index in [9.17, 15) is 9.90 Å². The van der Waals surface area contributed by atoms with E-state index in [4.69, 9.17) is 28.8 Å². The van der Waals surface area contributed by atoms with Gasteiger partial charge in [0.1, 0.15) is 18.5 Å². The molecule has 162 valence electrons. The second-order valence-electron chi connectivity index (χ2n) is 6.45. The van der Waals surface area contributed by atoms with Crippen molar-refractivity contribution in [1.29, 1.82) is 0 Å². The Labute approximate surface area is 174 Å². The third kappa shape index (κ3) is 5.53. The van der Waals surface area contributed by atoms with E-state index in [1.54, 1.807) is 42.5 Å². The molecule has 1 aliphatic heterocycles. The molecule has 0 saturated carbocycles. The van der Waals surface area contributed by atoms with E-state index in [1.807, 2.05) is 0 Å². The smallest absolute Gasteiger partial charge is 0.412 e. The largest absolute Gasteiger partial charge is 0.491 e. The van der Waals surface area contributed by atoms with E-state index >= 15 is 0 Å². The number of nitrogens with one attached hydrogen (secondary N) is 1. The minimum atomic E-state index is -0.761. The van der Waals surface area contributed by atoms with Crippen LogP contribution < -0.4 is 19.5 Å². The van der Waals surface area contributed by atoms with Gasteiger partial charge >= 0.3 is 6.09 Å². The number of rotatable bonds is 10. The van der Waals surface area contributed by atoms with Crippen LogP contribution >= 0.6 is 0 Å². The molecular formula is C21H25NO8. The van der Waals surface area contributed by atoms with Crippen molar-refractivity contribution in [3.63, 3.8) is 0 Å². The van der Waals surface area contributed by atoms with Gasteiger partial charge < -0.3 is 33.9 Å². The molecule has 2 aromatic carbocycles. The first-order chi connectivity index (χ1) is 14.6. The number of hydrogen-bond donors (Lipinski definition) is 3. The summed E-state index contributed by atoms with van der Waals surface area (Å²) in [5, 5.41) is 20.9. The lowest BCUT2D eigenvalue weighted by Gasteiger charge is -2.26. The summed E-state index contributed by atoms with van der Waals surface area (Å²) in [7, 11) is 1.49. The van der Waals surface area contributed by atoms with Crippen molar-refractivity contribution in [3.05, 3.63) is 48.0 Å². The zero-order valence-corrected chi connectivity index (χ0v) is 16.6. The number of amides is 1. The summed E-state index contributed by atoms with van der Waals surface area (Å²) in [6.07, 6.45) is -1.72. The number of ether oxygens (including phenoxy) is 5. The molecule has 3 rings (SSSR count). The lowest BCUT2D eigenvalue weighted by molar-refractivity contribution is -0.0306. The van der Waals surface area contributed by atoms with E-state index < -0.39 is 18.3 Å². The van der Waals surface area contributed by atoms with Crippen molar-refractivity contribution < 1.29 is 38.7 Å². The van der Waals surface area contributed by atoms with Gasteiger partial charge in [-0.2, -0.15) is 0 Å². The van der Waals surface area contributed by atoms with E-state index in [1.165, 1.54) is 7.11 Å². The van der Waals surface area contributed by atoms with Crippen LogP contribution in [0.4, 0.5) is 10.5 Å². The van der Waals surface area contributed by atoms with Gasteiger partial charge in [-0.25, -0.2) is 4.79 Å². The molecule has 0 aliphatic carbocycles. The summed E-state index contributed by atoms with van der Waals surface area (Å²) in [5.41, 5.74) is 1.17. The summed E-state index contributed by atoms with van der Waals surface area (Å²) < 4.78 is 27.0. The summed E-state index contributed by atoms with van der Waals surface area (Å²) in [6, 6.07) is 11.9. The number of hydrogen-bond acceptors (Lipinski definition) is 8. The molecule has 0 aromatic heterocycles. The fourth-order valence-electron chi connectivity index (χ4n) is 3.03. The van der Waals surface area contributed by atoms with Crippen LogP contribution in [0.25, 0.3) is 0 Å². The molecule has 3 N–H and O–H groups in total. The Bertz CT molecular complexity index is 826. The van der Waals surface area contributed by atoms with Gasteiger partial charge in [0.2, 0.25) is 6.79 Å². The van der Waals surface area contributed by atoms with Gasteiger partial charge in [-0.05, 0) is 29.8 Å². The summed E-state index contributed by atoms with van der Waals surface area (Å²) in [6.45, 7) is 0.109. The number of anilines is 1. The van der Waals surface area contributed by atoms with Gasteiger partial charge in [0.25, 0.3) is 0 Å². The van der Waals surface area contributed by atoms with Crippen molar-refractivity contribution in [2.75, 3.05) is 39.0 Å². The number of methoxy groups -OCH3 is 1. The molecule has 0 unspecified atom stereocenters. The van der Waals surface area contributed by atoms with Crippen LogP contribution in [0.3, 0.4) is 0 Å². The zero-order chi connectivity index (χ0) is 21.3. The maximum absolute atomic E-state index is 12.6. The average molecular weight is 419 g/mol. The van der Waals surface area contributed by atoms with Crippen LogP contribution in [-0.4, -0.2) is 56.1 Å². The molecular weight excluding hydrogens is 394 g/mol. The quantitative estimate of drug-likeness (QED) is 0.538. The van der Waals surface area contributed by atoms with Gasteiger partial charge in [-0.15, -0.1) is 0 Å². The molecule has 9 nitrogen and oxygen atoms in total. The zero-order valence-electron chi connectivity index (χ0n) is 16.6. The molecule has 30 heavy (non-hydrogen) atoms. The Morgan fingerprint density at radius 1 is 1.10 bits per heavy atom. The molecule has 1 heterocycles. The summed E-state index contributed by atoms with van der Waals surface area (Å²) in [4.78, 5) is 12.6. The number of aliphatic hydroxyl groups excluding tert-OH is 2. The summed E-state index contributed by atoms with van der Waals surface area (Å²) in [5.74, 6) is 1.73. The monoisotopic (exact) mass is 419 g/mol. The van der Waals surface area contributed by atoms with E-state index in [-0.39, 0.29) is 33.0 Å². The first kappa shape index (κ1) is 21.7. The Morgan fingerprint density at radius 2 is 1.87 bits per heavy atom. The maximum Gasteiger partial charge on any atom is 0.412 e. The van der Waals surface area contributed by atoms with Crippen LogP contribution in [-0.2, 0) is 9.47 Å². The van der Waals surface area contributed by atoms with Crippen LogP contribution in [0.15, 0.2) is 42.5 Å². The van der Waals surface area contributed by atoms with E-state index in [0.29, 0.717) is 28.5 Å². The highest BCUT2D eigenvalue weighted by molar-refractivity contribution is 5.85. The first-order valence-corrected chi connectivity index (χ1v) is 9.49. The highest BCUT2D eigenvalue weighted by Crippen LogP contribution is 2.34. The third-order valence-electron chi connectivity index (χ3n) is 4.48. The normalized spacial score (nSPS) is 14.1. The predicted octanol–water partition coefficient (Wildman–Crippen LogP) is 2.47. The molecule has 0 fully saturated rings. The van der Waals surface area contributed by atoms with E-state index in [2.05, 4.69) is 5.32 Å². The van der Waals surface area contributed by atoms with Crippen molar-refractivity contribution in [1.82, 2.24) is 0 Å². The maximum atomic E-state index is 12.6. The minimum absolute atomic E-state index is 0.0875. The fraction of sp³-hybridized carbons (Fsp3) is 0.381. The van der Waals surface area contributed by atoms with Gasteiger partial charge in [0, 0.05) is 31.9 Å². The van der Waals surface area contributed by atoms with Crippen molar-refractivity contribution in [2.24, 2.45) is 0 Å². The topological polar surface area (TPSA) is 116 Å². The number of aliphatic hydroxyl groups is 2. The van der Waals surface area contributed by atoms with Crippen LogP contribution in [0.2, 0.25) is 0 Å². The lowest BCUT2D eigenvalue weighted by Crippen LogP contribution is -2.28. The lowest BCUT2D eigenvalue weighted by atomic mass is 10.0. The van der Waals surface area contributed by atoms with E-state index in [0.717, 1.165) is 0 Å². The van der Waals surface area contributed by atoms with Crippen molar-refractivity contribution >= 4 is 11.8 Å². The average Bonchev–Trinajstić information content (AvgIpc) is 3.23. The molecule has 2 aromatic rings. The predicted molar refractivity (Wildman–Crippen MR) is 107 cm³/mol. The molecule has 1 aliphatic rings. The fourth-order valence-corrected chi connectivity index (χ4v) is 3.03. The molecule has 2 atom stereocenters.